The van der Waals surface area contributed by atoms with Gasteiger partial charge in [0, 0.05) is 13.1 Å². The number of hydrogen-bond donors (Lipinski definition) is 2. The third-order valence-corrected chi connectivity index (χ3v) is 5.17. The molecule has 164 valence electrons. The van der Waals surface area contributed by atoms with Crippen LogP contribution in [-0.2, 0) is 15.8 Å². The number of amides is 2. The average molecular weight is 452 g/mol. The fourth-order valence-corrected chi connectivity index (χ4v) is 3.56. The molecule has 0 saturated carbocycles. The number of nitrogens with one attached hydrogen (secondary N) is 2. The highest BCUT2D eigenvalue weighted by Gasteiger charge is 2.33. The summed E-state index contributed by atoms with van der Waals surface area (Å²) >= 11 is 1.15. The molecule has 0 saturated heterocycles. The molecule has 0 unspecified atom stereocenters. The van der Waals surface area contributed by atoms with E-state index in [9.17, 15) is 22.8 Å². The van der Waals surface area contributed by atoms with Gasteiger partial charge in [-0.3, -0.25) is 9.59 Å². The maximum absolute atomic E-state index is 13.0. The van der Waals surface area contributed by atoms with E-state index in [4.69, 9.17) is 4.74 Å². The molecule has 0 radical (unpaired) electrons. The number of hydrogen-bond acceptors (Lipinski definition) is 5. The number of anilines is 1. The van der Waals surface area contributed by atoms with E-state index in [2.05, 4.69) is 15.3 Å². The minimum atomic E-state index is -4.60. The molecule has 3 aromatic rings. The summed E-state index contributed by atoms with van der Waals surface area (Å²) in [5.41, 5.74) is 0.166. The maximum Gasteiger partial charge on any atom is 0.418 e. The van der Waals surface area contributed by atoms with E-state index in [1.54, 1.807) is 25.3 Å². The molecular formula is C20H19F3N4O3S. The zero-order valence-electron chi connectivity index (χ0n) is 16.6. The van der Waals surface area contributed by atoms with Gasteiger partial charge in [0.05, 0.1) is 41.7 Å². The summed E-state index contributed by atoms with van der Waals surface area (Å²) in [4.78, 5) is 33.1. The molecule has 0 spiro atoms. The van der Waals surface area contributed by atoms with Crippen LogP contribution in [-0.4, -0.2) is 53.1 Å². The van der Waals surface area contributed by atoms with Crippen LogP contribution in [0, 0.1) is 0 Å². The lowest BCUT2D eigenvalue weighted by molar-refractivity contribution is -0.137. The monoisotopic (exact) mass is 452 g/mol. The molecule has 1 heterocycles. The van der Waals surface area contributed by atoms with Crippen molar-refractivity contribution >= 4 is 40.3 Å². The average Bonchev–Trinajstić information content (AvgIpc) is 3.13. The first-order valence-electron chi connectivity index (χ1n) is 9.04. The third-order valence-electron chi connectivity index (χ3n) is 4.31. The number of thioether (sulfide) groups is 1. The normalized spacial score (nSPS) is 11.4. The fourth-order valence-electron chi connectivity index (χ4n) is 2.73. The van der Waals surface area contributed by atoms with Crippen LogP contribution in [0.5, 0.6) is 5.75 Å². The van der Waals surface area contributed by atoms with Crippen LogP contribution >= 0.6 is 11.8 Å². The molecule has 2 amide bonds. The number of halogens is 3. The number of methoxy groups -OCH3 is 1. The van der Waals surface area contributed by atoms with Gasteiger partial charge in [0.1, 0.15) is 5.75 Å². The van der Waals surface area contributed by atoms with Crippen LogP contribution in [0.25, 0.3) is 11.0 Å². The zero-order valence-corrected chi connectivity index (χ0v) is 17.4. The number of benzene rings is 2. The summed E-state index contributed by atoms with van der Waals surface area (Å²) in [7, 11) is 2.96. The van der Waals surface area contributed by atoms with Gasteiger partial charge in [-0.2, -0.15) is 13.2 Å². The molecule has 0 aliphatic rings. The maximum atomic E-state index is 13.0. The van der Waals surface area contributed by atoms with Crippen molar-refractivity contribution in [2.75, 3.05) is 31.8 Å². The number of para-hydroxylation sites is 1. The van der Waals surface area contributed by atoms with E-state index in [1.807, 2.05) is 0 Å². The number of aromatic amines is 1. The number of carbonyl (C=O) groups is 2. The number of aromatic nitrogens is 2. The molecular weight excluding hydrogens is 433 g/mol. The standard InChI is InChI=1S/C20H19F3N4O3S/c1-27(10-17(28)24-14-6-4-3-5-13(14)20(21,22)23)18(29)11-31-19-25-15-8-7-12(30-2)9-16(15)26-19/h3-9H,10-11H2,1-2H3,(H,24,28)(H,25,26). The Morgan fingerprint density at radius 3 is 2.68 bits per heavy atom. The van der Waals surface area contributed by atoms with E-state index in [1.165, 1.54) is 19.2 Å². The van der Waals surface area contributed by atoms with E-state index in [-0.39, 0.29) is 23.9 Å². The molecule has 2 N–H and O–H groups in total. The van der Waals surface area contributed by atoms with Crippen molar-refractivity contribution in [2.45, 2.75) is 11.3 Å². The van der Waals surface area contributed by atoms with Crippen LogP contribution in [0.3, 0.4) is 0 Å². The van der Waals surface area contributed by atoms with Crippen molar-refractivity contribution in [3.05, 3.63) is 48.0 Å². The molecule has 31 heavy (non-hydrogen) atoms. The van der Waals surface area contributed by atoms with Crippen LogP contribution < -0.4 is 10.1 Å². The second-order valence-electron chi connectivity index (χ2n) is 6.56. The smallest absolute Gasteiger partial charge is 0.418 e. The quantitative estimate of drug-likeness (QED) is 0.533. The van der Waals surface area contributed by atoms with Gasteiger partial charge < -0.3 is 19.9 Å². The van der Waals surface area contributed by atoms with Crippen molar-refractivity contribution in [3.8, 4) is 5.75 Å². The number of imidazole rings is 1. The van der Waals surface area contributed by atoms with Gasteiger partial charge in [0.15, 0.2) is 5.16 Å². The Morgan fingerprint density at radius 2 is 1.97 bits per heavy atom. The number of rotatable bonds is 7. The van der Waals surface area contributed by atoms with Gasteiger partial charge in [-0.1, -0.05) is 23.9 Å². The highest BCUT2D eigenvalue weighted by atomic mass is 32.2. The number of H-pyrrole nitrogens is 1. The Kier molecular flexibility index (Phi) is 6.74. The molecule has 2 aromatic carbocycles. The number of alkyl halides is 3. The molecule has 0 aliphatic heterocycles. The first-order chi connectivity index (χ1) is 14.7. The SMILES string of the molecule is COc1ccc2nc(SCC(=O)N(C)CC(=O)Nc3ccccc3C(F)(F)F)[nH]c2c1. The first kappa shape index (κ1) is 22.5. The van der Waals surface area contributed by atoms with Crippen molar-refractivity contribution in [2.24, 2.45) is 0 Å². The number of nitrogens with zero attached hydrogens (tertiary/aromatic N) is 2. The lowest BCUT2D eigenvalue weighted by atomic mass is 10.1. The lowest BCUT2D eigenvalue weighted by Gasteiger charge is -2.18. The molecule has 11 heteroatoms. The summed E-state index contributed by atoms with van der Waals surface area (Å²) in [6, 6.07) is 10.00. The summed E-state index contributed by atoms with van der Waals surface area (Å²) in [5, 5.41) is 2.74. The lowest BCUT2D eigenvalue weighted by Crippen LogP contribution is -2.36. The van der Waals surface area contributed by atoms with Gasteiger partial charge in [-0.15, -0.1) is 0 Å². The Balaban J connectivity index is 1.55. The van der Waals surface area contributed by atoms with Gasteiger partial charge in [0.25, 0.3) is 0 Å². The van der Waals surface area contributed by atoms with Crippen molar-refractivity contribution in [1.82, 2.24) is 14.9 Å². The second kappa shape index (κ2) is 9.29. The predicted molar refractivity (Wildman–Crippen MR) is 111 cm³/mol. The van der Waals surface area contributed by atoms with Gasteiger partial charge in [-0.25, -0.2) is 4.98 Å². The fraction of sp³-hybridized carbons (Fsp3) is 0.250. The number of carbonyl (C=O) groups excluding carboxylic acids is 2. The molecule has 3 rings (SSSR count). The van der Waals surface area contributed by atoms with E-state index >= 15 is 0 Å². The molecule has 0 fully saturated rings. The van der Waals surface area contributed by atoms with Crippen LogP contribution in [0.15, 0.2) is 47.6 Å². The highest BCUT2D eigenvalue weighted by Crippen LogP contribution is 2.34. The Hall–Kier alpha value is -3.21. The largest absolute Gasteiger partial charge is 0.497 e. The van der Waals surface area contributed by atoms with Gasteiger partial charge in [-0.05, 0) is 24.3 Å². The minimum Gasteiger partial charge on any atom is -0.497 e. The summed E-state index contributed by atoms with van der Waals surface area (Å²) in [5.74, 6) is -0.433. The van der Waals surface area contributed by atoms with Crippen LogP contribution in [0.1, 0.15) is 5.56 Å². The topological polar surface area (TPSA) is 87.3 Å². The number of likely N-dealkylation sites (N-methyl/N-ethyl adjacent to an activating group) is 1. The van der Waals surface area contributed by atoms with E-state index in [0.29, 0.717) is 16.4 Å². The summed E-state index contributed by atoms with van der Waals surface area (Å²) in [6.07, 6.45) is -4.60. The summed E-state index contributed by atoms with van der Waals surface area (Å²) in [6.45, 7) is -0.386. The third kappa shape index (κ3) is 5.69. The van der Waals surface area contributed by atoms with Gasteiger partial charge >= 0.3 is 6.18 Å². The number of fused-ring (bicyclic) bond motifs is 1. The van der Waals surface area contributed by atoms with Gasteiger partial charge in [0.2, 0.25) is 11.8 Å². The molecule has 0 bridgehead atoms. The Bertz CT molecular complexity index is 1100. The van der Waals surface area contributed by atoms with Crippen LogP contribution in [0.2, 0.25) is 0 Å². The van der Waals surface area contributed by atoms with Crippen molar-refractivity contribution < 1.29 is 27.5 Å². The van der Waals surface area contributed by atoms with Crippen LogP contribution in [0.4, 0.5) is 18.9 Å². The van der Waals surface area contributed by atoms with E-state index in [0.717, 1.165) is 34.3 Å². The highest BCUT2D eigenvalue weighted by molar-refractivity contribution is 7.99. The molecule has 0 atom stereocenters. The summed E-state index contributed by atoms with van der Waals surface area (Å²) < 4.78 is 44.3. The Labute approximate surface area is 180 Å². The predicted octanol–water partition coefficient (Wildman–Crippen LogP) is 3.78. The molecule has 7 nitrogen and oxygen atoms in total. The van der Waals surface area contributed by atoms with Crippen molar-refractivity contribution in [1.29, 1.82) is 0 Å². The molecule has 1 aromatic heterocycles. The first-order valence-corrected chi connectivity index (χ1v) is 10.0. The second-order valence-corrected chi connectivity index (χ2v) is 7.52. The minimum absolute atomic E-state index is 0.000124. The van der Waals surface area contributed by atoms with E-state index < -0.39 is 17.6 Å². The zero-order chi connectivity index (χ0) is 22.6. The number of ether oxygens (including phenoxy) is 1. The van der Waals surface area contributed by atoms with Crippen molar-refractivity contribution in [3.63, 3.8) is 0 Å². The molecule has 0 aliphatic carbocycles. The Morgan fingerprint density at radius 1 is 1.23 bits per heavy atom.